The normalized spacial score (nSPS) is 10.1. The Labute approximate surface area is 117 Å². The highest BCUT2D eigenvalue weighted by Gasteiger charge is 2.15. The van der Waals surface area contributed by atoms with Crippen molar-refractivity contribution in [3.63, 3.8) is 0 Å². The fourth-order valence-corrected chi connectivity index (χ4v) is 1.82. The molecule has 6 heteroatoms. The molecule has 0 unspecified atom stereocenters. The number of methoxy groups -OCH3 is 2. The zero-order chi connectivity index (χ0) is 14.3. The van der Waals surface area contributed by atoms with Crippen molar-refractivity contribution < 1.29 is 19.0 Å². The predicted molar refractivity (Wildman–Crippen MR) is 73.4 cm³/mol. The maximum atomic E-state index is 11.9. The second-order valence-corrected chi connectivity index (χ2v) is 4.08. The Bertz CT molecular complexity index is 437. The van der Waals surface area contributed by atoms with Crippen molar-refractivity contribution in [3.8, 4) is 11.5 Å². The molecule has 0 saturated heterocycles. The second kappa shape index (κ2) is 7.86. The van der Waals surface area contributed by atoms with E-state index >= 15 is 0 Å². The van der Waals surface area contributed by atoms with Crippen LogP contribution >= 0.6 is 11.6 Å². The van der Waals surface area contributed by atoms with Crippen LogP contribution in [0.4, 0.5) is 0 Å². The molecule has 1 aromatic rings. The lowest BCUT2D eigenvalue weighted by Gasteiger charge is -2.13. The summed E-state index contributed by atoms with van der Waals surface area (Å²) >= 11 is 6.07. The summed E-state index contributed by atoms with van der Waals surface area (Å²) in [5, 5.41) is 3.05. The summed E-state index contributed by atoms with van der Waals surface area (Å²) in [5.41, 5.74) is 0.422. The number of nitrogens with one attached hydrogen (secondary N) is 1. The molecule has 106 valence electrons. The quantitative estimate of drug-likeness (QED) is 0.781. The van der Waals surface area contributed by atoms with Gasteiger partial charge in [-0.05, 0) is 19.1 Å². The predicted octanol–water partition coefficient (Wildman–Crippen LogP) is 2.12. The van der Waals surface area contributed by atoms with E-state index in [2.05, 4.69) is 5.32 Å². The molecule has 5 nitrogen and oxygen atoms in total. The van der Waals surface area contributed by atoms with Crippen molar-refractivity contribution in [3.05, 3.63) is 22.7 Å². The zero-order valence-electron chi connectivity index (χ0n) is 11.3. The summed E-state index contributed by atoms with van der Waals surface area (Å²) in [5.74, 6) is 0.647. The van der Waals surface area contributed by atoms with Gasteiger partial charge in [0.1, 0.15) is 0 Å². The third-order valence-electron chi connectivity index (χ3n) is 2.37. The van der Waals surface area contributed by atoms with Crippen molar-refractivity contribution in [2.75, 3.05) is 34.0 Å². The van der Waals surface area contributed by atoms with Crippen LogP contribution in [0.1, 0.15) is 17.3 Å². The minimum atomic E-state index is -0.234. The molecule has 1 N–H and O–H groups in total. The van der Waals surface area contributed by atoms with Gasteiger partial charge < -0.3 is 19.5 Å². The molecular weight excluding hydrogens is 270 g/mol. The van der Waals surface area contributed by atoms with Crippen LogP contribution in [-0.2, 0) is 4.74 Å². The molecular formula is C13H18ClNO4. The Morgan fingerprint density at radius 2 is 2.11 bits per heavy atom. The molecule has 1 amide bonds. The van der Waals surface area contributed by atoms with E-state index < -0.39 is 0 Å². The van der Waals surface area contributed by atoms with Crippen molar-refractivity contribution >= 4 is 17.5 Å². The lowest BCUT2D eigenvalue weighted by molar-refractivity contribution is 0.0936. The molecule has 0 heterocycles. The van der Waals surface area contributed by atoms with Gasteiger partial charge in [-0.15, -0.1) is 0 Å². The van der Waals surface area contributed by atoms with Crippen LogP contribution in [0.3, 0.4) is 0 Å². The average molecular weight is 288 g/mol. The second-order valence-electron chi connectivity index (χ2n) is 3.67. The van der Waals surface area contributed by atoms with Gasteiger partial charge in [-0.2, -0.15) is 0 Å². The lowest BCUT2D eigenvalue weighted by atomic mass is 10.2. The Balaban J connectivity index is 2.92. The van der Waals surface area contributed by atoms with E-state index in [-0.39, 0.29) is 5.91 Å². The number of ether oxygens (including phenoxy) is 3. The van der Waals surface area contributed by atoms with Gasteiger partial charge in [0.25, 0.3) is 5.91 Å². The third-order valence-corrected chi connectivity index (χ3v) is 2.65. The van der Waals surface area contributed by atoms with E-state index in [1.807, 2.05) is 6.92 Å². The molecule has 0 aliphatic rings. The third kappa shape index (κ3) is 4.29. The highest BCUT2D eigenvalue weighted by atomic mass is 35.5. The van der Waals surface area contributed by atoms with E-state index in [9.17, 15) is 4.79 Å². The number of halogens is 1. The molecule has 1 rings (SSSR count). The minimum Gasteiger partial charge on any atom is -0.491 e. The van der Waals surface area contributed by atoms with Gasteiger partial charge in [0.2, 0.25) is 0 Å². The molecule has 0 aliphatic heterocycles. The molecule has 1 aromatic carbocycles. The molecule has 19 heavy (non-hydrogen) atoms. The fraction of sp³-hybridized carbons (Fsp3) is 0.462. The molecule has 0 bridgehead atoms. The molecule has 0 radical (unpaired) electrons. The lowest BCUT2D eigenvalue weighted by Crippen LogP contribution is -2.27. The van der Waals surface area contributed by atoms with Crippen molar-refractivity contribution in [2.45, 2.75) is 6.92 Å². The number of amides is 1. The highest BCUT2D eigenvalue weighted by Crippen LogP contribution is 2.36. The summed E-state index contributed by atoms with van der Waals surface area (Å²) in [6, 6.07) is 3.15. The van der Waals surface area contributed by atoms with Crippen LogP contribution in [0.5, 0.6) is 11.5 Å². The molecule has 0 saturated carbocycles. The summed E-state index contributed by atoms with van der Waals surface area (Å²) in [6.07, 6.45) is 0. The van der Waals surface area contributed by atoms with Crippen LogP contribution in [0.15, 0.2) is 12.1 Å². The maximum Gasteiger partial charge on any atom is 0.251 e. The Morgan fingerprint density at radius 3 is 2.68 bits per heavy atom. The van der Waals surface area contributed by atoms with Gasteiger partial charge in [0.15, 0.2) is 11.5 Å². The van der Waals surface area contributed by atoms with E-state index in [1.165, 1.54) is 7.11 Å². The number of rotatable bonds is 7. The molecule has 0 aliphatic carbocycles. The van der Waals surface area contributed by atoms with Gasteiger partial charge in [0, 0.05) is 19.2 Å². The number of benzene rings is 1. The monoisotopic (exact) mass is 287 g/mol. The fourth-order valence-electron chi connectivity index (χ4n) is 1.53. The summed E-state index contributed by atoms with van der Waals surface area (Å²) in [6.45, 7) is 3.19. The van der Waals surface area contributed by atoms with Crippen LogP contribution in [0.2, 0.25) is 5.02 Å². The van der Waals surface area contributed by atoms with E-state index in [0.717, 1.165) is 0 Å². The van der Waals surface area contributed by atoms with Gasteiger partial charge in [0.05, 0.1) is 25.3 Å². The largest absolute Gasteiger partial charge is 0.491 e. The van der Waals surface area contributed by atoms with Crippen LogP contribution in [0.25, 0.3) is 0 Å². The van der Waals surface area contributed by atoms with Crippen LogP contribution in [0, 0.1) is 0 Å². The number of hydrogen-bond acceptors (Lipinski definition) is 4. The van der Waals surface area contributed by atoms with Crippen LogP contribution in [-0.4, -0.2) is 39.9 Å². The summed E-state index contributed by atoms with van der Waals surface area (Å²) in [4.78, 5) is 11.9. The SMILES string of the molecule is CCOc1cc(C(=O)NCCOC)cc(Cl)c1OC. The molecule has 0 atom stereocenters. The highest BCUT2D eigenvalue weighted by molar-refractivity contribution is 6.32. The van der Waals surface area contributed by atoms with Crippen molar-refractivity contribution in [1.82, 2.24) is 5.32 Å². The average Bonchev–Trinajstić information content (AvgIpc) is 2.39. The first-order chi connectivity index (χ1) is 9.13. The Kier molecular flexibility index (Phi) is 6.45. The number of hydrogen-bond donors (Lipinski definition) is 1. The first-order valence-electron chi connectivity index (χ1n) is 5.91. The first-order valence-corrected chi connectivity index (χ1v) is 6.29. The molecule has 0 spiro atoms. The van der Waals surface area contributed by atoms with Crippen molar-refractivity contribution in [2.24, 2.45) is 0 Å². The van der Waals surface area contributed by atoms with E-state index in [1.54, 1.807) is 19.2 Å². The van der Waals surface area contributed by atoms with Gasteiger partial charge >= 0.3 is 0 Å². The maximum absolute atomic E-state index is 11.9. The zero-order valence-corrected chi connectivity index (χ0v) is 12.0. The summed E-state index contributed by atoms with van der Waals surface area (Å²) in [7, 11) is 3.08. The first kappa shape index (κ1) is 15.6. The number of carbonyl (C=O) groups excluding carboxylic acids is 1. The standard InChI is InChI=1S/C13H18ClNO4/c1-4-19-11-8-9(7-10(14)12(11)18-3)13(16)15-5-6-17-2/h7-8H,4-6H2,1-3H3,(H,15,16). The van der Waals surface area contributed by atoms with Gasteiger partial charge in [-0.1, -0.05) is 11.6 Å². The number of carbonyl (C=O) groups is 1. The van der Waals surface area contributed by atoms with E-state index in [4.69, 9.17) is 25.8 Å². The van der Waals surface area contributed by atoms with Crippen molar-refractivity contribution in [1.29, 1.82) is 0 Å². The smallest absolute Gasteiger partial charge is 0.251 e. The summed E-state index contributed by atoms with van der Waals surface area (Å²) < 4.78 is 15.4. The minimum absolute atomic E-state index is 0.234. The van der Waals surface area contributed by atoms with E-state index in [0.29, 0.717) is 41.8 Å². The molecule has 0 fully saturated rings. The molecule has 0 aromatic heterocycles. The Hall–Kier alpha value is -1.46. The Morgan fingerprint density at radius 1 is 1.37 bits per heavy atom. The van der Waals surface area contributed by atoms with Gasteiger partial charge in [-0.3, -0.25) is 4.79 Å². The topological polar surface area (TPSA) is 56.8 Å². The van der Waals surface area contributed by atoms with Gasteiger partial charge in [-0.25, -0.2) is 0 Å². The van der Waals surface area contributed by atoms with Crippen LogP contribution < -0.4 is 14.8 Å².